The third-order valence-corrected chi connectivity index (χ3v) is 2.89. The van der Waals surface area contributed by atoms with Crippen LogP contribution in [0.5, 0.6) is 5.75 Å². The van der Waals surface area contributed by atoms with Crippen LogP contribution in [0.3, 0.4) is 0 Å². The summed E-state index contributed by atoms with van der Waals surface area (Å²) in [5.41, 5.74) is 1.60. The van der Waals surface area contributed by atoms with E-state index in [0.29, 0.717) is 5.75 Å². The molecule has 0 saturated carbocycles. The molecule has 0 heterocycles. The van der Waals surface area contributed by atoms with E-state index in [1.165, 1.54) is 12.1 Å². The van der Waals surface area contributed by atoms with Crippen LogP contribution in [0.1, 0.15) is 11.6 Å². The number of halogens is 1. The molecule has 2 N–H and O–H groups in total. The molecule has 0 spiro atoms. The van der Waals surface area contributed by atoms with E-state index in [9.17, 15) is 9.50 Å². The fourth-order valence-electron chi connectivity index (χ4n) is 1.88. The number of methoxy groups -OCH3 is 1. The summed E-state index contributed by atoms with van der Waals surface area (Å²) in [4.78, 5) is 0. The molecule has 0 radical (unpaired) electrons. The highest BCUT2D eigenvalue weighted by Gasteiger charge is 2.12. The standard InChI is InChI=1S/C15H16FNO2/c1-19-15-5-3-2-4-13(15)17-14(10-18)11-6-8-12(16)9-7-11/h2-9,14,17-18H,10H2,1H3/t14-/m0/s1. The first-order valence-electron chi connectivity index (χ1n) is 6.00. The molecule has 2 aromatic carbocycles. The van der Waals surface area contributed by atoms with Crippen LogP contribution in [0.15, 0.2) is 48.5 Å². The molecule has 0 aliphatic carbocycles. The number of hydrogen-bond donors (Lipinski definition) is 2. The SMILES string of the molecule is COc1ccccc1N[C@@H](CO)c1ccc(F)cc1. The maximum atomic E-state index is 12.9. The molecular weight excluding hydrogens is 245 g/mol. The van der Waals surface area contributed by atoms with Gasteiger partial charge in [-0.2, -0.15) is 0 Å². The Morgan fingerprint density at radius 2 is 1.84 bits per heavy atom. The van der Waals surface area contributed by atoms with Gasteiger partial charge in [-0.25, -0.2) is 4.39 Å². The molecule has 0 amide bonds. The van der Waals surface area contributed by atoms with Gasteiger partial charge in [-0.3, -0.25) is 0 Å². The predicted octanol–water partition coefficient (Wildman–Crippen LogP) is 2.98. The normalized spacial score (nSPS) is 11.9. The zero-order valence-corrected chi connectivity index (χ0v) is 10.6. The number of benzene rings is 2. The third-order valence-electron chi connectivity index (χ3n) is 2.89. The monoisotopic (exact) mass is 261 g/mol. The fraction of sp³-hybridized carbons (Fsp3) is 0.200. The third kappa shape index (κ3) is 3.23. The molecule has 2 rings (SSSR count). The number of nitrogens with one attached hydrogen (secondary N) is 1. The minimum Gasteiger partial charge on any atom is -0.495 e. The Labute approximate surface area is 111 Å². The van der Waals surface area contributed by atoms with Crippen molar-refractivity contribution < 1.29 is 14.2 Å². The molecule has 0 fully saturated rings. The quantitative estimate of drug-likeness (QED) is 0.869. The topological polar surface area (TPSA) is 41.5 Å². The fourth-order valence-corrected chi connectivity index (χ4v) is 1.88. The van der Waals surface area contributed by atoms with Crippen molar-refractivity contribution in [3.05, 3.63) is 59.9 Å². The van der Waals surface area contributed by atoms with Crippen molar-refractivity contribution in [2.75, 3.05) is 19.0 Å². The lowest BCUT2D eigenvalue weighted by Gasteiger charge is -2.19. The lowest BCUT2D eigenvalue weighted by molar-refractivity contribution is 0.276. The highest BCUT2D eigenvalue weighted by molar-refractivity contribution is 5.57. The first kappa shape index (κ1) is 13.4. The van der Waals surface area contributed by atoms with Gasteiger partial charge in [0.1, 0.15) is 11.6 Å². The molecule has 0 unspecified atom stereocenters. The number of hydrogen-bond acceptors (Lipinski definition) is 3. The van der Waals surface area contributed by atoms with Gasteiger partial charge in [0.15, 0.2) is 0 Å². The summed E-state index contributed by atoms with van der Waals surface area (Å²) in [5.74, 6) is 0.404. The Morgan fingerprint density at radius 1 is 1.16 bits per heavy atom. The van der Waals surface area contributed by atoms with E-state index in [2.05, 4.69) is 5.32 Å². The average Bonchev–Trinajstić information content (AvgIpc) is 2.46. The second kappa shape index (κ2) is 6.20. The number of rotatable bonds is 5. The molecule has 0 aromatic heterocycles. The molecule has 0 aliphatic heterocycles. The maximum absolute atomic E-state index is 12.9. The first-order valence-corrected chi connectivity index (χ1v) is 6.00. The highest BCUT2D eigenvalue weighted by atomic mass is 19.1. The smallest absolute Gasteiger partial charge is 0.141 e. The van der Waals surface area contributed by atoms with Crippen molar-refractivity contribution in [3.8, 4) is 5.75 Å². The molecule has 19 heavy (non-hydrogen) atoms. The van der Waals surface area contributed by atoms with E-state index in [-0.39, 0.29) is 18.5 Å². The van der Waals surface area contributed by atoms with E-state index in [1.807, 2.05) is 24.3 Å². The van der Waals surface area contributed by atoms with Gasteiger partial charge in [-0.05, 0) is 29.8 Å². The van der Waals surface area contributed by atoms with E-state index >= 15 is 0 Å². The maximum Gasteiger partial charge on any atom is 0.141 e. The van der Waals surface area contributed by atoms with Crippen LogP contribution in [0.4, 0.5) is 10.1 Å². The Morgan fingerprint density at radius 3 is 2.47 bits per heavy atom. The van der Waals surface area contributed by atoms with Gasteiger partial charge in [0.25, 0.3) is 0 Å². The largest absolute Gasteiger partial charge is 0.495 e. The molecule has 100 valence electrons. The van der Waals surface area contributed by atoms with Crippen LogP contribution in [-0.2, 0) is 0 Å². The zero-order chi connectivity index (χ0) is 13.7. The summed E-state index contributed by atoms with van der Waals surface area (Å²) in [5, 5.41) is 12.7. The molecule has 0 saturated heterocycles. The summed E-state index contributed by atoms with van der Waals surface area (Å²) >= 11 is 0. The van der Waals surface area contributed by atoms with Gasteiger partial charge in [0, 0.05) is 0 Å². The van der Waals surface area contributed by atoms with Crippen LogP contribution < -0.4 is 10.1 Å². The Kier molecular flexibility index (Phi) is 4.36. The summed E-state index contributed by atoms with van der Waals surface area (Å²) in [7, 11) is 1.59. The van der Waals surface area contributed by atoms with Gasteiger partial charge in [0.2, 0.25) is 0 Å². The molecule has 1 atom stereocenters. The van der Waals surface area contributed by atoms with Crippen molar-refractivity contribution in [1.82, 2.24) is 0 Å². The minimum atomic E-state index is -0.308. The van der Waals surface area contributed by atoms with Crippen molar-refractivity contribution >= 4 is 5.69 Å². The van der Waals surface area contributed by atoms with E-state index in [4.69, 9.17) is 4.74 Å². The summed E-state index contributed by atoms with van der Waals surface area (Å²) in [6.07, 6.45) is 0. The van der Waals surface area contributed by atoms with E-state index < -0.39 is 0 Å². The lowest BCUT2D eigenvalue weighted by atomic mass is 10.1. The molecular formula is C15H16FNO2. The van der Waals surface area contributed by atoms with Crippen molar-refractivity contribution in [2.45, 2.75) is 6.04 Å². The number of aliphatic hydroxyl groups is 1. The number of para-hydroxylation sites is 2. The predicted molar refractivity (Wildman–Crippen MR) is 72.8 cm³/mol. The van der Waals surface area contributed by atoms with Gasteiger partial charge in [-0.1, -0.05) is 24.3 Å². The van der Waals surface area contributed by atoms with Crippen LogP contribution in [0.2, 0.25) is 0 Å². The second-order valence-corrected chi connectivity index (χ2v) is 4.13. The molecule has 3 nitrogen and oxygen atoms in total. The molecule has 4 heteroatoms. The Balaban J connectivity index is 2.21. The number of anilines is 1. The van der Waals surface area contributed by atoms with Gasteiger partial charge in [0.05, 0.1) is 25.4 Å². The average molecular weight is 261 g/mol. The number of ether oxygens (including phenoxy) is 1. The van der Waals surface area contributed by atoms with Crippen molar-refractivity contribution in [1.29, 1.82) is 0 Å². The van der Waals surface area contributed by atoms with Crippen LogP contribution in [0.25, 0.3) is 0 Å². The highest BCUT2D eigenvalue weighted by Crippen LogP contribution is 2.27. The second-order valence-electron chi connectivity index (χ2n) is 4.13. The summed E-state index contributed by atoms with van der Waals surface area (Å²) < 4.78 is 18.1. The first-order chi connectivity index (χ1) is 9.24. The molecule has 2 aromatic rings. The molecule has 0 bridgehead atoms. The van der Waals surface area contributed by atoms with Crippen LogP contribution in [-0.4, -0.2) is 18.8 Å². The minimum absolute atomic E-state index is 0.0936. The van der Waals surface area contributed by atoms with Gasteiger partial charge in [-0.15, -0.1) is 0 Å². The summed E-state index contributed by atoms with van der Waals surface area (Å²) in [6, 6.07) is 13.2. The number of aliphatic hydroxyl groups excluding tert-OH is 1. The zero-order valence-electron chi connectivity index (χ0n) is 10.6. The van der Waals surface area contributed by atoms with Crippen molar-refractivity contribution in [2.24, 2.45) is 0 Å². The Bertz CT molecular complexity index is 528. The lowest BCUT2D eigenvalue weighted by Crippen LogP contribution is -2.15. The van der Waals surface area contributed by atoms with Crippen LogP contribution >= 0.6 is 0 Å². The van der Waals surface area contributed by atoms with Gasteiger partial charge < -0.3 is 15.2 Å². The van der Waals surface area contributed by atoms with E-state index in [0.717, 1.165) is 11.3 Å². The summed E-state index contributed by atoms with van der Waals surface area (Å²) in [6.45, 7) is -0.0936. The molecule has 0 aliphatic rings. The van der Waals surface area contributed by atoms with Crippen LogP contribution in [0, 0.1) is 5.82 Å². The van der Waals surface area contributed by atoms with Gasteiger partial charge >= 0.3 is 0 Å². The van der Waals surface area contributed by atoms with E-state index in [1.54, 1.807) is 19.2 Å². The van der Waals surface area contributed by atoms with Crippen molar-refractivity contribution in [3.63, 3.8) is 0 Å². The Hall–Kier alpha value is -2.07.